The third-order valence-electron chi connectivity index (χ3n) is 7.27. The number of unbranched alkanes of at least 4 members (excludes halogenated alkanes) is 11. The summed E-state index contributed by atoms with van der Waals surface area (Å²) >= 11 is 0. The van der Waals surface area contributed by atoms with Crippen molar-refractivity contribution in [2.75, 3.05) is 6.61 Å². The zero-order valence-corrected chi connectivity index (χ0v) is 24.6. The molecule has 218 valence electrons. The highest BCUT2D eigenvalue weighted by molar-refractivity contribution is 7.89. The summed E-state index contributed by atoms with van der Waals surface area (Å²) in [6.45, 7) is 2.42. The van der Waals surface area contributed by atoms with Crippen LogP contribution in [0.5, 0.6) is 0 Å². The smallest absolute Gasteiger partial charge is 0.327 e. The van der Waals surface area contributed by atoms with Crippen LogP contribution >= 0.6 is 0 Å². The number of rotatable bonds is 19. The number of aliphatic hydroxyl groups excluding tert-OH is 1. The molecule has 3 aromatic carbocycles. The standard InChI is InChI=1S/C33H45NO5S/c1-2-3-4-5-6-7-8-9-10-11-12-18-26-39-33(36)31(32(35)28-21-14-13-15-22-28)34-40(37,38)30-25-19-23-27-20-16-17-24-29(27)30/h13-17,19-25,31-32,34-35H,2-12,18,26H2,1H3/t31-,32-/m0/s1. The average Bonchev–Trinajstić information content (AvgIpc) is 2.98. The molecular weight excluding hydrogens is 522 g/mol. The zero-order chi connectivity index (χ0) is 28.6. The molecule has 0 radical (unpaired) electrons. The van der Waals surface area contributed by atoms with E-state index in [1.807, 2.05) is 18.2 Å². The third kappa shape index (κ3) is 10.0. The fourth-order valence-corrected chi connectivity index (χ4v) is 6.37. The predicted octanol–water partition coefficient (Wildman–Crippen LogP) is 7.46. The van der Waals surface area contributed by atoms with E-state index in [0.29, 0.717) is 17.4 Å². The first kappa shape index (κ1) is 31.8. The Morgan fingerprint density at radius 1 is 0.750 bits per heavy atom. The molecule has 0 aliphatic heterocycles. The second-order valence-corrected chi connectivity index (χ2v) is 12.2. The first-order chi connectivity index (χ1) is 19.4. The summed E-state index contributed by atoms with van der Waals surface area (Å²) in [6.07, 6.45) is 12.9. The monoisotopic (exact) mass is 567 g/mol. The van der Waals surface area contributed by atoms with E-state index in [9.17, 15) is 18.3 Å². The lowest BCUT2D eigenvalue weighted by Gasteiger charge is -2.23. The van der Waals surface area contributed by atoms with Crippen molar-refractivity contribution in [3.63, 3.8) is 0 Å². The number of nitrogens with one attached hydrogen (secondary N) is 1. The molecule has 0 amide bonds. The molecule has 2 atom stereocenters. The summed E-state index contributed by atoms with van der Waals surface area (Å²) in [6, 6.07) is 19.2. The van der Waals surface area contributed by atoms with Gasteiger partial charge in [0.15, 0.2) is 0 Å². The fourth-order valence-electron chi connectivity index (χ4n) is 4.95. The minimum absolute atomic E-state index is 0.0459. The van der Waals surface area contributed by atoms with Crippen LogP contribution in [-0.2, 0) is 19.6 Å². The van der Waals surface area contributed by atoms with E-state index < -0.39 is 28.1 Å². The molecular formula is C33H45NO5S. The number of carbonyl (C=O) groups excluding carboxylic acids is 1. The van der Waals surface area contributed by atoms with E-state index in [1.165, 1.54) is 63.9 Å². The highest BCUT2D eigenvalue weighted by Crippen LogP contribution is 2.25. The van der Waals surface area contributed by atoms with E-state index >= 15 is 0 Å². The van der Waals surface area contributed by atoms with E-state index in [2.05, 4.69) is 11.6 Å². The maximum absolute atomic E-state index is 13.5. The molecule has 0 bridgehead atoms. The highest BCUT2D eigenvalue weighted by Gasteiger charge is 2.34. The van der Waals surface area contributed by atoms with Gasteiger partial charge in [0.05, 0.1) is 11.5 Å². The summed E-state index contributed by atoms with van der Waals surface area (Å²) in [4.78, 5) is 13.2. The third-order valence-corrected chi connectivity index (χ3v) is 8.77. The minimum atomic E-state index is -4.15. The molecule has 3 aromatic rings. The van der Waals surface area contributed by atoms with Crippen LogP contribution in [0, 0.1) is 0 Å². The lowest BCUT2D eigenvalue weighted by atomic mass is 10.0. The minimum Gasteiger partial charge on any atom is -0.464 e. The lowest BCUT2D eigenvalue weighted by molar-refractivity contribution is -0.148. The SMILES string of the molecule is CCCCCCCCCCCCCCOC(=O)[C@@H](NS(=O)(=O)c1cccc2ccccc12)[C@@H](O)c1ccccc1. The van der Waals surface area contributed by atoms with E-state index in [0.717, 1.165) is 18.2 Å². The molecule has 2 N–H and O–H groups in total. The Hall–Kier alpha value is -2.74. The molecule has 0 saturated heterocycles. The molecule has 0 fully saturated rings. The van der Waals surface area contributed by atoms with Gasteiger partial charge < -0.3 is 9.84 Å². The van der Waals surface area contributed by atoms with E-state index in [-0.39, 0.29) is 11.5 Å². The van der Waals surface area contributed by atoms with Crippen molar-refractivity contribution < 1.29 is 23.1 Å². The summed E-state index contributed by atoms with van der Waals surface area (Å²) in [5.74, 6) is -0.789. The molecule has 6 nitrogen and oxygen atoms in total. The molecule has 0 aromatic heterocycles. The van der Waals surface area contributed by atoms with Crippen molar-refractivity contribution in [2.24, 2.45) is 0 Å². The summed E-state index contributed by atoms with van der Waals surface area (Å²) < 4.78 is 34.8. The largest absolute Gasteiger partial charge is 0.464 e. The molecule has 7 heteroatoms. The molecule has 3 rings (SSSR count). The van der Waals surface area contributed by atoms with Gasteiger partial charge in [-0.1, -0.05) is 144 Å². The van der Waals surface area contributed by atoms with E-state index in [1.54, 1.807) is 48.5 Å². The van der Waals surface area contributed by atoms with Gasteiger partial charge in [0, 0.05) is 5.39 Å². The van der Waals surface area contributed by atoms with Crippen LogP contribution in [0.2, 0.25) is 0 Å². The van der Waals surface area contributed by atoms with Crippen LogP contribution in [0.25, 0.3) is 10.8 Å². The Balaban J connectivity index is 1.53. The van der Waals surface area contributed by atoms with Crippen molar-refractivity contribution in [3.05, 3.63) is 78.4 Å². The van der Waals surface area contributed by atoms with Crippen LogP contribution in [0.4, 0.5) is 0 Å². The molecule has 0 spiro atoms. The van der Waals surface area contributed by atoms with Gasteiger partial charge >= 0.3 is 5.97 Å². The second kappa shape index (κ2) is 17.2. The molecule has 0 unspecified atom stereocenters. The number of hydrogen-bond donors (Lipinski definition) is 2. The average molecular weight is 568 g/mol. The van der Waals surface area contributed by atoms with Gasteiger partial charge in [-0.25, -0.2) is 8.42 Å². The van der Waals surface area contributed by atoms with Crippen LogP contribution in [0.1, 0.15) is 95.6 Å². The zero-order valence-electron chi connectivity index (χ0n) is 23.8. The highest BCUT2D eigenvalue weighted by atomic mass is 32.2. The van der Waals surface area contributed by atoms with Gasteiger partial charge in [-0.05, 0) is 23.4 Å². The number of fused-ring (bicyclic) bond motifs is 1. The van der Waals surface area contributed by atoms with Crippen molar-refractivity contribution in [2.45, 2.75) is 101 Å². The molecule has 40 heavy (non-hydrogen) atoms. The van der Waals surface area contributed by atoms with Gasteiger partial charge in [-0.15, -0.1) is 0 Å². The number of carbonyl (C=O) groups is 1. The maximum Gasteiger partial charge on any atom is 0.327 e. The van der Waals surface area contributed by atoms with Gasteiger partial charge in [-0.2, -0.15) is 4.72 Å². The van der Waals surface area contributed by atoms with Gasteiger partial charge in [0.25, 0.3) is 0 Å². The first-order valence-corrected chi connectivity index (χ1v) is 16.3. The molecule has 0 aliphatic carbocycles. The van der Waals surface area contributed by atoms with Crippen LogP contribution in [-0.4, -0.2) is 32.1 Å². The maximum atomic E-state index is 13.5. The van der Waals surface area contributed by atoms with Crippen LogP contribution in [0.15, 0.2) is 77.7 Å². The summed E-state index contributed by atoms with van der Waals surface area (Å²) in [5, 5.41) is 12.4. The first-order valence-electron chi connectivity index (χ1n) is 14.8. The Kier molecular flexibility index (Phi) is 13.6. The number of ether oxygens (including phenoxy) is 1. The Bertz CT molecular complexity index is 1260. The quantitative estimate of drug-likeness (QED) is 0.116. The Morgan fingerprint density at radius 2 is 1.30 bits per heavy atom. The van der Waals surface area contributed by atoms with Crippen LogP contribution in [0.3, 0.4) is 0 Å². The summed E-state index contributed by atoms with van der Waals surface area (Å²) in [5.41, 5.74) is 0.426. The Labute approximate surface area is 240 Å². The molecule has 0 saturated carbocycles. The van der Waals surface area contributed by atoms with Crippen molar-refractivity contribution >= 4 is 26.8 Å². The van der Waals surface area contributed by atoms with Gasteiger partial charge in [-0.3, -0.25) is 4.79 Å². The van der Waals surface area contributed by atoms with Gasteiger partial charge in [0.2, 0.25) is 10.0 Å². The lowest BCUT2D eigenvalue weighted by Crippen LogP contribution is -2.46. The second-order valence-electron chi connectivity index (χ2n) is 10.5. The predicted molar refractivity (Wildman–Crippen MR) is 161 cm³/mol. The number of benzene rings is 3. The topological polar surface area (TPSA) is 92.7 Å². The number of sulfonamides is 1. The fraction of sp³-hybridized carbons (Fsp3) is 0.485. The van der Waals surface area contributed by atoms with Crippen molar-refractivity contribution in [3.8, 4) is 0 Å². The van der Waals surface area contributed by atoms with Gasteiger partial charge in [0.1, 0.15) is 12.1 Å². The van der Waals surface area contributed by atoms with Crippen LogP contribution < -0.4 is 4.72 Å². The normalized spacial score (nSPS) is 13.2. The number of aliphatic hydroxyl groups is 1. The van der Waals surface area contributed by atoms with E-state index in [4.69, 9.17) is 4.74 Å². The van der Waals surface area contributed by atoms with Crippen molar-refractivity contribution in [1.82, 2.24) is 4.72 Å². The number of hydrogen-bond acceptors (Lipinski definition) is 5. The Morgan fingerprint density at radius 3 is 1.95 bits per heavy atom. The number of esters is 1. The summed E-state index contributed by atoms with van der Waals surface area (Å²) in [7, 11) is -4.15. The molecule has 0 heterocycles. The molecule has 0 aliphatic rings. The van der Waals surface area contributed by atoms with Crippen molar-refractivity contribution in [1.29, 1.82) is 0 Å².